The molecule has 0 saturated heterocycles. The standard InChI is InChI=1S/C29H28N2O4S/c1-20-8-7-9-21(2)28(20)31-36(33,34)27-18-14-25(15-19-27)30-29(32)22(3)35-26-16-12-24(13-17-26)23-10-5-4-6-11-23/h4-19,22,31H,1-3H3,(H,30,32). The smallest absolute Gasteiger partial charge is 0.265 e. The van der Waals surface area contributed by atoms with Gasteiger partial charge < -0.3 is 10.1 Å². The van der Waals surface area contributed by atoms with E-state index >= 15 is 0 Å². The first-order valence-electron chi connectivity index (χ1n) is 11.5. The molecular formula is C29H28N2O4S. The summed E-state index contributed by atoms with van der Waals surface area (Å²) in [5.41, 5.74) is 4.88. The molecule has 36 heavy (non-hydrogen) atoms. The molecule has 2 N–H and O–H groups in total. The minimum absolute atomic E-state index is 0.103. The molecule has 0 radical (unpaired) electrons. The number of amides is 1. The molecule has 0 spiro atoms. The molecule has 0 aliphatic heterocycles. The number of carbonyl (C=O) groups excluding carboxylic acids is 1. The highest BCUT2D eigenvalue weighted by atomic mass is 32.2. The minimum Gasteiger partial charge on any atom is -0.481 e. The molecule has 0 bridgehead atoms. The quantitative estimate of drug-likeness (QED) is 0.303. The van der Waals surface area contributed by atoms with Gasteiger partial charge in [0, 0.05) is 5.69 Å². The Labute approximate surface area is 212 Å². The summed E-state index contributed by atoms with van der Waals surface area (Å²) in [5.74, 6) is 0.239. The lowest BCUT2D eigenvalue weighted by atomic mass is 10.1. The van der Waals surface area contributed by atoms with Crippen LogP contribution in [0.15, 0.2) is 102 Å². The average Bonchev–Trinajstić information content (AvgIpc) is 2.87. The van der Waals surface area contributed by atoms with Gasteiger partial charge in [-0.15, -0.1) is 0 Å². The zero-order chi connectivity index (χ0) is 25.7. The van der Waals surface area contributed by atoms with Gasteiger partial charge in [0.1, 0.15) is 5.75 Å². The number of nitrogens with one attached hydrogen (secondary N) is 2. The van der Waals surface area contributed by atoms with E-state index in [1.54, 1.807) is 19.1 Å². The van der Waals surface area contributed by atoms with Crippen LogP contribution < -0.4 is 14.8 Å². The molecule has 1 amide bonds. The summed E-state index contributed by atoms with van der Waals surface area (Å²) in [6.45, 7) is 5.36. The monoisotopic (exact) mass is 500 g/mol. The van der Waals surface area contributed by atoms with Crippen LogP contribution in [0.2, 0.25) is 0 Å². The third-order valence-corrected chi connectivity index (χ3v) is 7.16. The van der Waals surface area contributed by atoms with E-state index in [0.29, 0.717) is 17.1 Å². The van der Waals surface area contributed by atoms with Crippen LogP contribution in [-0.2, 0) is 14.8 Å². The lowest BCUT2D eigenvalue weighted by molar-refractivity contribution is -0.122. The van der Waals surface area contributed by atoms with Crippen molar-refractivity contribution in [2.24, 2.45) is 0 Å². The number of para-hydroxylation sites is 1. The summed E-state index contributed by atoms with van der Waals surface area (Å²) in [7, 11) is -3.77. The van der Waals surface area contributed by atoms with Crippen molar-refractivity contribution in [3.05, 3.63) is 108 Å². The zero-order valence-corrected chi connectivity index (χ0v) is 21.2. The number of aryl methyl sites for hydroxylation is 2. The maximum atomic E-state index is 12.8. The van der Waals surface area contributed by atoms with E-state index < -0.39 is 16.1 Å². The van der Waals surface area contributed by atoms with Crippen molar-refractivity contribution >= 4 is 27.3 Å². The Bertz CT molecular complexity index is 1430. The average molecular weight is 501 g/mol. The SMILES string of the molecule is Cc1cccc(C)c1NS(=O)(=O)c1ccc(NC(=O)C(C)Oc2ccc(-c3ccccc3)cc2)cc1. The molecule has 1 unspecified atom stereocenters. The van der Waals surface area contributed by atoms with Gasteiger partial charge >= 0.3 is 0 Å². The number of hydrogen-bond donors (Lipinski definition) is 2. The third kappa shape index (κ3) is 5.93. The molecule has 0 aliphatic carbocycles. The van der Waals surface area contributed by atoms with Crippen LogP contribution in [0, 0.1) is 13.8 Å². The van der Waals surface area contributed by atoms with Crippen molar-refractivity contribution in [1.82, 2.24) is 0 Å². The van der Waals surface area contributed by atoms with Gasteiger partial charge in [0.25, 0.3) is 15.9 Å². The first kappa shape index (κ1) is 25.0. The molecule has 0 aliphatic rings. The van der Waals surface area contributed by atoms with Gasteiger partial charge in [-0.1, -0.05) is 60.7 Å². The van der Waals surface area contributed by atoms with Crippen molar-refractivity contribution in [2.45, 2.75) is 31.8 Å². The topological polar surface area (TPSA) is 84.5 Å². The maximum absolute atomic E-state index is 12.8. The highest BCUT2D eigenvalue weighted by Gasteiger charge is 2.18. The summed E-state index contributed by atoms with van der Waals surface area (Å²) in [6.07, 6.45) is -0.748. The molecule has 0 aromatic heterocycles. The Morgan fingerprint density at radius 2 is 1.33 bits per heavy atom. The first-order valence-corrected chi connectivity index (χ1v) is 13.0. The molecule has 184 valence electrons. The molecule has 4 aromatic rings. The fraction of sp³-hybridized carbons (Fsp3) is 0.138. The second-order valence-electron chi connectivity index (χ2n) is 8.54. The first-order chi connectivity index (χ1) is 17.2. The lowest BCUT2D eigenvalue weighted by Crippen LogP contribution is -2.30. The van der Waals surface area contributed by atoms with Gasteiger partial charge in [0.15, 0.2) is 6.10 Å². The van der Waals surface area contributed by atoms with E-state index in [1.807, 2.05) is 86.6 Å². The Hall–Kier alpha value is -4.10. The predicted octanol–water partition coefficient (Wildman–Crippen LogP) is 6.18. The lowest BCUT2D eigenvalue weighted by Gasteiger charge is -2.16. The van der Waals surface area contributed by atoms with Gasteiger partial charge in [-0.2, -0.15) is 0 Å². The van der Waals surface area contributed by atoms with Gasteiger partial charge in [-0.05, 0) is 79.4 Å². The summed E-state index contributed by atoms with van der Waals surface area (Å²) < 4.78 is 34.1. The molecule has 6 nitrogen and oxygen atoms in total. The van der Waals surface area contributed by atoms with E-state index in [0.717, 1.165) is 22.3 Å². The van der Waals surface area contributed by atoms with Crippen LogP contribution in [0.4, 0.5) is 11.4 Å². The zero-order valence-electron chi connectivity index (χ0n) is 20.4. The van der Waals surface area contributed by atoms with Crippen molar-refractivity contribution in [3.8, 4) is 16.9 Å². The Morgan fingerprint density at radius 3 is 1.94 bits per heavy atom. The second kappa shape index (κ2) is 10.7. The number of sulfonamides is 1. The largest absolute Gasteiger partial charge is 0.481 e. The third-order valence-electron chi connectivity index (χ3n) is 5.79. The number of anilines is 2. The number of rotatable bonds is 8. The minimum atomic E-state index is -3.77. The van der Waals surface area contributed by atoms with Crippen molar-refractivity contribution in [1.29, 1.82) is 0 Å². The molecule has 0 heterocycles. The van der Waals surface area contributed by atoms with E-state index in [9.17, 15) is 13.2 Å². The Kier molecular flexibility index (Phi) is 7.41. The van der Waals surface area contributed by atoms with Crippen LogP contribution >= 0.6 is 0 Å². The van der Waals surface area contributed by atoms with E-state index in [4.69, 9.17) is 4.74 Å². The predicted molar refractivity (Wildman–Crippen MR) is 144 cm³/mol. The van der Waals surface area contributed by atoms with Crippen molar-refractivity contribution in [3.63, 3.8) is 0 Å². The van der Waals surface area contributed by atoms with Crippen LogP contribution in [0.25, 0.3) is 11.1 Å². The summed E-state index contributed by atoms with van der Waals surface area (Å²) in [5, 5.41) is 2.77. The van der Waals surface area contributed by atoms with E-state index in [1.165, 1.54) is 12.1 Å². The van der Waals surface area contributed by atoms with Crippen LogP contribution in [0.1, 0.15) is 18.1 Å². The van der Waals surface area contributed by atoms with Crippen molar-refractivity contribution < 1.29 is 17.9 Å². The van der Waals surface area contributed by atoms with Crippen LogP contribution in [0.5, 0.6) is 5.75 Å². The number of ether oxygens (including phenoxy) is 1. The van der Waals surface area contributed by atoms with Gasteiger partial charge in [0.2, 0.25) is 0 Å². The summed E-state index contributed by atoms with van der Waals surface area (Å²) in [4.78, 5) is 12.7. The van der Waals surface area contributed by atoms with Gasteiger partial charge in [0.05, 0.1) is 10.6 Å². The molecule has 4 aromatic carbocycles. The maximum Gasteiger partial charge on any atom is 0.265 e. The van der Waals surface area contributed by atoms with Crippen molar-refractivity contribution in [2.75, 3.05) is 10.0 Å². The van der Waals surface area contributed by atoms with E-state index in [-0.39, 0.29) is 10.8 Å². The number of carbonyl (C=O) groups is 1. The Balaban J connectivity index is 1.37. The summed E-state index contributed by atoms with van der Waals surface area (Å²) >= 11 is 0. The molecule has 1 atom stereocenters. The molecule has 0 saturated carbocycles. The van der Waals surface area contributed by atoms with Gasteiger partial charge in [-0.3, -0.25) is 9.52 Å². The van der Waals surface area contributed by atoms with Gasteiger partial charge in [-0.25, -0.2) is 8.42 Å². The number of benzene rings is 4. The van der Waals surface area contributed by atoms with Crippen LogP contribution in [-0.4, -0.2) is 20.4 Å². The second-order valence-corrected chi connectivity index (χ2v) is 10.2. The van der Waals surface area contributed by atoms with E-state index in [2.05, 4.69) is 10.0 Å². The fourth-order valence-corrected chi connectivity index (χ4v) is 4.95. The summed E-state index contributed by atoms with van der Waals surface area (Å²) in [6, 6.07) is 29.1. The Morgan fingerprint density at radius 1 is 0.750 bits per heavy atom. The molecule has 0 fully saturated rings. The highest BCUT2D eigenvalue weighted by Crippen LogP contribution is 2.25. The van der Waals surface area contributed by atoms with Crippen LogP contribution in [0.3, 0.4) is 0 Å². The molecule has 4 rings (SSSR count). The molecular weight excluding hydrogens is 472 g/mol. The normalized spacial score (nSPS) is 12.0. The highest BCUT2D eigenvalue weighted by molar-refractivity contribution is 7.92. The molecule has 7 heteroatoms. The number of hydrogen-bond acceptors (Lipinski definition) is 4. The fourth-order valence-electron chi connectivity index (χ4n) is 3.74.